The summed E-state index contributed by atoms with van der Waals surface area (Å²) in [5.74, 6) is 2.10. The van der Waals surface area contributed by atoms with Crippen LogP contribution in [-0.2, 0) is 9.53 Å². The molecule has 1 aromatic heterocycles. The predicted octanol–water partition coefficient (Wildman–Crippen LogP) is 3.03. The van der Waals surface area contributed by atoms with Gasteiger partial charge in [-0.15, -0.1) is 5.10 Å². The van der Waals surface area contributed by atoms with Crippen LogP contribution in [0.3, 0.4) is 0 Å². The number of fused-ring (bicyclic) bond motifs is 1. The zero-order valence-electron chi connectivity index (χ0n) is 17.7. The van der Waals surface area contributed by atoms with Gasteiger partial charge in [0.2, 0.25) is 5.95 Å². The Bertz CT molecular complexity index is 1030. The highest BCUT2D eigenvalue weighted by molar-refractivity contribution is 5.90. The van der Waals surface area contributed by atoms with E-state index in [0.717, 1.165) is 29.0 Å². The molecule has 9 heteroatoms. The highest BCUT2D eigenvalue weighted by atomic mass is 16.5. The van der Waals surface area contributed by atoms with Crippen molar-refractivity contribution in [3.8, 4) is 11.5 Å². The molecule has 31 heavy (non-hydrogen) atoms. The molecule has 2 N–H and O–H groups in total. The minimum Gasteiger partial charge on any atom is -0.497 e. The first kappa shape index (κ1) is 20.7. The Kier molecular flexibility index (Phi) is 6.03. The summed E-state index contributed by atoms with van der Waals surface area (Å²) in [5, 5.41) is 10.6. The molecule has 0 bridgehead atoms. The second kappa shape index (κ2) is 9.05. The van der Waals surface area contributed by atoms with Crippen molar-refractivity contribution in [2.75, 3.05) is 38.6 Å². The van der Waals surface area contributed by atoms with Crippen molar-refractivity contribution in [3.05, 3.63) is 59.7 Å². The van der Waals surface area contributed by atoms with Crippen LogP contribution in [0.4, 0.5) is 11.9 Å². The second-order valence-electron chi connectivity index (χ2n) is 7.18. The third kappa shape index (κ3) is 4.46. The number of carbonyl (C=O) groups excluding carboxylic acids is 1. The fraction of sp³-hybridized carbons (Fsp3) is 0.318. The van der Waals surface area contributed by atoms with Gasteiger partial charge in [-0.2, -0.15) is 4.98 Å². The molecule has 2 atom stereocenters. The van der Waals surface area contributed by atoms with Crippen LogP contribution in [-0.4, -0.2) is 48.6 Å². The van der Waals surface area contributed by atoms with Gasteiger partial charge in [-0.1, -0.05) is 24.3 Å². The number of carbonyl (C=O) groups is 1. The highest BCUT2D eigenvalue weighted by Gasteiger charge is 2.31. The zero-order chi connectivity index (χ0) is 21.8. The summed E-state index contributed by atoms with van der Waals surface area (Å²) in [4.78, 5) is 16.4. The van der Waals surface area contributed by atoms with Crippen molar-refractivity contribution in [1.82, 2.24) is 14.8 Å². The van der Waals surface area contributed by atoms with Gasteiger partial charge in [-0.25, -0.2) is 4.68 Å². The minimum absolute atomic E-state index is 0.0113. The van der Waals surface area contributed by atoms with Gasteiger partial charge in [0.15, 0.2) is 0 Å². The predicted molar refractivity (Wildman–Crippen MR) is 116 cm³/mol. The lowest BCUT2D eigenvalue weighted by atomic mass is 9.93. The van der Waals surface area contributed by atoms with Crippen LogP contribution in [0.25, 0.3) is 0 Å². The van der Waals surface area contributed by atoms with Gasteiger partial charge < -0.3 is 19.5 Å². The van der Waals surface area contributed by atoms with Gasteiger partial charge in [-0.3, -0.25) is 10.1 Å². The molecule has 0 saturated carbocycles. The number of benzene rings is 2. The Morgan fingerprint density at radius 1 is 1.03 bits per heavy atom. The SMILES string of the molecule is COCC(=O)Nc1nc2n(n1)[C@H](c1ccc(OC)cc1)C[C@@H](c1ccc(OC)cc1)N2. The maximum atomic E-state index is 11.9. The standard InChI is InChI=1S/C22H25N5O4/c1-29-13-20(28)24-21-25-22-23-18(14-4-8-16(30-2)9-5-14)12-19(27(22)26-21)15-6-10-17(31-3)11-7-15/h4-11,18-19H,12-13H2,1-3H3,(H2,23,24,25,26,28)/t18-,19-/m0/s1. The van der Waals surface area contributed by atoms with E-state index in [2.05, 4.69) is 20.7 Å². The van der Waals surface area contributed by atoms with Crippen molar-refractivity contribution in [2.45, 2.75) is 18.5 Å². The second-order valence-corrected chi connectivity index (χ2v) is 7.18. The zero-order valence-corrected chi connectivity index (χ0v) is 17.7. The van der Waals surface area contributed by atoms with Crippen molar-refractivity contribution in [2.24, 2.45) is 0 Å². The molecule has 9 nitrogen and oxygen atoms in total. The summed E-state index contributed by atoms with van der Waals surface area (Å²) in [7, 11) is 4.76. The first-order valence-corrected chi connectivity index (χ1v) is 9.91. The molecular formula is C22H25N5O4. The number of nitrogens with one attached hydrogen (secondary N) is 2. The summed E-state index contributed by atoms with van der Waals surface area (Å²) < 4.78 is 17.2. The topological polar surface area (TPSA) is 99.5 Å². The quantitative estimate of drug-likeness (QED) is 0.603. The van der Waals surface area contributed by atoms with Crippen molar-refractivity contribution >= 4 is 17.8 Å². The van der Waals surface area contributed by atoms with Crippen molar-refractivity contribution < 1.29 is 19.0 Å². The monoisotopic (exact) mass is 423 g/mol. The number of nitrogens with zero attached hydrogens (tertiary/aromatic N) is 3. The largest absolute Gasteiger partial charge is 0.497 e. The van der Waals surface area contributed by atoms with Gasteiger partial charge in [0.1, 0.15) is 18.1 Å². The molecule has 162 valence electrons. The third-order valence-electron chi connectivity index (χ3n) is 5.23. The summed E-state index contributed by atoms with van der Waals surface area (Å²) in [5.41, 5.74) is 2.18. The molecule has 3 aromatic rings. The summed E-state index contributed by atoms with van der Waals surface area (Å²) >= 11 is 0. The Morgan fingerprint density at radius 2 is 1.65 bits per heavy atom. The number of ether oxygens (including phenoxy) is 3. The number of methoxy groups -OCH3 is 3. The number of rotatable bonds is 7. The van der Waals surface area contributed by atoms with Crippen LogP contribution in [0.15, 0.2) is 48.5 Å². The molecule has 0 radical (unpaired) electrons. The fourth-order valence-electron chi connectivity index (χ4n) is 3.68. The number of hydrogen-bond acceptors (Lipinski definition) is 7. The molecule has 0 aliphatic carbocycles. The number of anilines is 2. The Labute approximate surface area is 180 Å². The fourth-order valence-corrected chi connectivity index (χ4v) is 3.68. The molecule has 1 amide bonds. The molecule has 2 aromatic carbocycles. The first-order valence-electron chi connectivity index (χ1n) is 9.91. The minimum atomic E-state index is -0.307. The smallest absolute Gasteiger partial charge is 0.252 e. The lowest BCUT2D eigenvalue weighted by molar-refractivity contribution is -0.119. The Hall–Kier alpha value is -3.59. The summed E-state index contributed by atoms with van der Waals surface area (Å²) in [6.07, 6.45) is 0.750. The van der Waals surface area contributed by atoms with E-state index in [1.165, 1.54) is 7.11 Å². The summed E-state index contributed by atoms with van der Waals surface area (Å²) in [6, 6.07) is 15.8. The molecule has 0 spiro atoms. The van der Waals surface area contributed by atoms with Crippen LogP contribution in [0.1, 0.15) is 29.6 Å². The number of aromatic nitrogens is 3. The van der Waals surface area contributed by atoms with E-state index in [0.29, 0.717) is 5.95 Å². The Morgan fingerprint density at radius 3 is 2.23 bits per heavy atom. The van der Waals surface area contributed by atoms with E-state index in [9.17, 15) is 4.79 Å². The van der Waals surface area contributed by atoms with Crippen LogP contribution >= 0.6 is 0 Å². The van der Waals surface area contributed by atoms with Crippen molar-refractivity contribution in [1.29, 1.82) is 0 Å². The van der Waals surface area contributed by atoms with Gasteiger partial charge in [0.05, 0.1) is 26.3 Å². The van der Waals surface area contributed by atoms with Crippen molar-refractivity contribution in [3.63, 3.8) is 0 Å². The van der Waals surface area contributed by atoms with Crippen LogP contribution < -0.4 is 20.1 Å². The first-order chi connectivity index (χ1) is 15.1. The van der Waals surface area contributed by atoms with Gasteiger partial charge in [0, 0.05) is 7.11 Å². The lowest BCUT2D eigenvalue weighted by Gasteiger charge is -2.31. The van der Waals surface area contributed by atoms with E-state index < -0.39 is 0 Å². The molecule has 1 aliphatic heterocycles. The van der Waals surface area contributed by atoms with Gasteiger partial charge >= 0.3 is 0 Å². The molecule has 1 aliphatic rings. The molecule has 0 saturated heterocycles. The maximum absolute atomic E-state index is 11.9. The molecule has 0 unspecified atom stereocenters. The number of amides is 1. The van der Waals surface area contributed by atoms with E-state index in [-0.39, 0.29) is 30.5 Å². The molecule has 4 rings (SSSR count). The lowest BCUT2D eigenvalue weighted by Crippen LogP contribution is -2.28. The normalized spacial score (nSPS) is 17.4. The van der Waals surface area contributed by atoms with Crippen LogP contribution in [0, 0.1) is 0 Å². The van der Waals surface area contributed by atoms with Gasteiger partial charge in [-0.05, 0) is 41.8 Å². The Balaban J connectivity index is 1.67. The van der Waals surface area contributed by atoms with Crippen LogP contribution in [0.5, 0.6) is 11.5 Å². The van der Waals surface area contributed by atoms with Crippen LogP contribution in [0.2, 0.25) is 0 Å². The highest BCUT2D eigenvalue weighted by Crippen LogP contribution is 2.38. The van der Waals surface area contributed by atoms with Gasteiger partial charge in [0.25, 0.3) is 11.9 Å². The number of hydrogen-bond donors (Lipinski definition) is 2. The molecule has 0 fully saturated rings. The van der Waals surface area contributed by atoms with E-state index in [1.807, 2.05) is 53.2 Å². The maximum Gasteiger partial charge on any atom is 0.252 e. The molecule has 2 heterocycles. The van der Waals surface area contributed by atoms with E-state index in [4.69, 9.17) is 14.2 Å². The van der Waals surface area contributed by atoms with E-state index in [1.54, 1.807) is 14.2 Å². The average Bonchev–Trinajstić information content (AvgIpc) is 3.21. The third-order valence-corrected chi connectivity index (χ3v) is 5.23. The van der Waals surface area contributed by atoms with E-state index >= 15 is 0 Å². The molecular weight excluding hydrogens is 398 g/mol. The summed E-state index contributed by atoms with van der Waals surface area (Å²) in [6.45, 7) is -0.0618. The average molecular weight is 423 g/mol.